The average molecular weight is 329 g/mol. The van der Waals surface area contributed by atoms with Gasteiger partial charge in [0.05, 0.1) is 12.2 Å². The summed E-state index contributed by atoms with van der Waals surface area (Å²) in [5.41, 5.74) is 0.699. The standard InChI is InChI=1S/C15H24NO3PS/c1-9-10(5-6-12(21)16-9)15-14(18)13(17)11(19-15)7-8-20(2,3)4/h5-6,10-11,13-15,17-18H,1-2,7-8H2,3-4H3,(H,16,21)/t10?,11-,13-,14-,15+/m1/s1. The van der Waals surface area contributed by atoms with Crippen LogP contribution in [0.4, 0.5) is 0 Å². The quantitative estimate of drug-likeness (QED) is 0.534. The first-order valence-electron chi connectivity index (χ1n) is 7.06. The minimum absolute atomic E-state index is 0.186. The molecule has 1 saturated heterocycles. The van der Waals surface area contributed by atoms with E-state index in [9.17, 15) is 10.2 Å². The van der Waals surface area contributed by atoms with Gasteiger partial charge in [-0.25, -0.2) is 0 Å². The number of rotatable bonds is 4. The van der Waals surface area contributed by atoms with Crippen LogP contribution in [0.25, 0.3) is 0 Å². The molecule has 6 heteroatoms. The lowest BCUT2D eigenvalue weighted by atomic mass is 9.91. The molecule has 1 fully saturated rings. The molecule has 5 atom stereocenters. The zero-order chi connectivity index (χ0) is 15.8. The minimum Gasteiger partial charge on any atom is -0.388 e. The van der Waals surface area contributed by atoms with Crippen molar-refractivity contribution in [3.8, 4) is 0 Å². The molecular formula is C15H24NO3PS. The molecule has 0 aromatic carbocycles. The third kappa shape index (κ3) is 4.05. The second kappa shape index (κ2) is 6.35. The van der Waals surface area contributed by atoms with Gasteiger partial charge in [0.1, 0.15) is 17.2 Å². The van der Waals surface area contributed by atoms with Gasteiger partial charge < -0.3 is 20.3 Å². The van der Waals surface area contributed by atoms with Crippen LogP contribution in [-0.2, 0) is 4.74 Å². The molecule has 0 saturated carbocycles. The largest absolute Gasteiger partial charge is 0.388 e. The number of hydrogen-bond acceptors (Lipinski definition) is 4. The van der Waals surface area contributed by atoms with Crippen molar-refractivity contribution in [2.75, 3.05) is 19.5 Å². The van der Waals surface area contributed by atoms with Crippen LogP contribution in [0.15, 0.2) is 24.4 Å². The molecule has 0 bridgehead atoms. The molecule has 3 N–H and O–H groups in total. The molecule has 0 spiro atoms. The first kappa shape index (κ1) is 16.9. The number of ether oxygens (including phenoxy) is 1. The van der Waals surface area contributed by atoms with Crippen molar-refractivity contribution < 1.29 is 14.9 Å². The van der Waals surface area contributed by atoms with Gasteiger partial charge in [-0.05, 0) is 32.0 Å². The number of hydrogen-bond donors (Lipinski definition) is 3. The van der Waals surface area contributed by atoms with Crippen LogP contribution >= 0.6 is 19.1 Å². The summed E-state index contributed by atoms with van der Waals surface area (Å²) in [4.78, 5) is 0.601. The van der Waals surface area contributed by atoms with Gasteiger partial charge in [-0.15, -0.1) is 13.2 Å². The molecule has 0 aromatic rings. The Kier molecular flexibility index (Phi) is 5.11. The summed E-state index contributed by atoms with van der Waals surface area (Å²) in [6.45, 7) is 7.07. The predicted molar refractivity (Wildman–Crippen MR) is 93.6 cm³/mol. The lowest BCUT2D eigenvalue weighted by molar-refractivity contribution is -0.00852. The van der Waals surface area contributed by atoms with E-state index in [-0.39, 0.29) is 12.0 Å². The van der Waals surface area contributed by atoms with Crippen molar-refractivity contribution >= 4 is 30.4 Å². The number of thiocarbonyl (C=S) groups is 1. The van der Waals surface area contributed by atoms with Crippen molar-refractivity contribution in [1.29, 1.82) is 0 Å². The van der Waals surface area contributed by atoms with Gasteiger partial charge in [0.15, 0.2) is 0 Å². The minimum atomic E-state index is -1.17. The van der Waals surface area contributed by atoms with Crippen LogP contribution in [-0.4, -0.2) is 65.4 Å². The Morgan fingerprint density at radius 1 is 1.38 bits per heavy atom. The maximum Gasteiger partial charge on any atom is 0.109 e. The van der Waals surface area contributed by atoms with E-state index in [1.807, 2.05) is 6.08 Å². The number of aliphatic hydroxyl groups is 2. The summed E-state index contributed by atoms with van der Waals surface area (Å²) in [7, 11) is 0. The van der Waals surface area contributed by atoms with Crippen LogP contribution in [0, 0.1) is 5.92 Å². The van der Waals surface area contributed by atoms with Crippen molar-refractivity contribution in [3.63, 3.8) is 0 Å². The van der Waals surface area contributed by atoms with Crippen LogP contribution < -0.4 is 5.32 Å². The average Bonchev–Trinajstić information content (AvgIpc) is 2.64. The van der Waals surface area contributed by atoms with Crippen LogP contribution in [0.2, 0.25) is 0 Å². The first-order valence-corrected chi connectivity index (χ1v) is 10.5. The molecule has 1 unspecified atom stereocenters. The summed E-state index contributed by atoms with van der Waals surface area (Å²) in [5.74, 6) is -0.186. The van der Waals surface area contributed by atoms with Crippen LogP contribution in [0.3, 0.4) is 0 Å². The topological polar surface area (TPSA) is 61.7 Å². The van der Waals surface area contributed by atoms with Gasteiger partial charge in [0, 0.05) is 11.6 Å². The number of nitrogens with one attached hydrogen (secondary N) is 1. The lowest BCUT2D eigenvalue weighted by Crippen LogP contribution is -2.40. The summed E-state index contributed by atoms with van der Waals surface area (Å²) >= 11 is 5.05. The SMILES string of the molecule is C=C1NC(=S)C=CC1[C@@H]1O[C@H](CCP(=C)(C)C)[C@@H](O)[C@H]1O. The zero-order valence-electron chi connectivity index (χ0n) is 12.5. The van der Waals surface area contributed by atoms with E-state index >= 15 is 0 Å². The molecular weight excluding hydrogens is 305 g/mol. The number of aliphatic hydroxyl groups excluding tert-OH is 2. The Balaban J connectivity index is 2.06. The lowest BCUT2D eigenvalue weighted by Gasteiger charge is -2.28. The molecule has 118 valence electrons. The Morgan fingerprint density at radius 3 is 2.62 bits per heavy atom. The molecule has 2 aliphatic rings. The highest BCUT2D eigenvalue weighted by Crippen LogP contribution is 2.39. The van der Waals surface area contributed by atoms with Gasteiger partial charge in [0.2, 0.25) is 0 Å². The van der Waals surface area contributed by atoms with Gasteiger partial charge in [-0.3, -0.25) is 0 Å². The van der Waals surface area contributed by atoms with Crippen molar-refractivity contribution in [1.82, 2.24) is 5.32 Å². The van der Waals surface area contributed by atoms with Crippen molar-refractivity contribution in [2.45, 2.75) is 30.8 Å². The van der Waals surface area contributed by atoms with E-state index in [4.69, 9.17) is 17.0 Å². The predicted octanol–water partition coefficient (Wildman–Crippen LogP) is 1.19. The summed E-state index contributed by atoms with van der Waals surface area (Å²) in [6, 6.07) is 0. The fourth-order valence-electron chi connectivity index (χ4n) is 2.69. The van der Waals surface area contributed by atoms with E-state index in [0.29, 0.717) is 17.1 Å². The summed E-state index contributed by atoms with van der Waals surface area (Å²) in [6.07, 6.45) is 6.85. The van der Waals surface area contributed by atoms with E-state index in [1.54, 1.807) is 6.08 Å². The molecule has 0 aromatic heterocycles. The fraction of sp³-hybridized carbons (Fsp3) is 0.600. The molecule has 0 aliphatic carbocycles. The first-order chi connectivity index (χ1) is 9.69. The van der Waals surface area contributed by atoms with E-state index in [2.05, 4.69) is 31.5 Å². The zero-order valence-corrected chi connectivity index (χ0v) is 14.2. The van der Waals surface area contributed by atoms with Crippen LogP contribution in [0.1, 0.15) is 6.42 Å². The molecule has 0 amide bonds. The molecule has 21 heavy (non-hydrogen) atoms. The highest BCUT2D eigenvalue weighted by molar-refractivity contribution is 7.80. The van der Waals surface area contributed by atoms with E-state index in [0.717, 1.165) is 6.16 Å². The van der Waals surface area contributed by atoms with Crippen molar-refractivity contribution in [2.24, 2.45) is 5.92 Å². The highest BCUT2D eigenvalue weighted by Gasteiger charge is 2.46. The second-order valence-electron chi connectivity index (χ2n) is 6.47. The van der Waals surface area contributed by atoms with Crippen LogP contribution in [0.5, 0.6) is 0 Å². The third-order valence-electron chi connectivity index (χ3n) is 3.91. The Hall–Kier alpha value is -0.450. The molecule has 2 heterocycles. The van der Waals surface area contributed by atoms with Crippen molar-refractivity contribution in [3.05, 3.63) is 24.4 Å². The summed E-state index contributed by atoms with van der Waals surface area (Å²) < 4.78 is 5.92. The fourth-order valence-corrected chi connectivity index (χ4v) is 3.85. The Bertz CT molecular complexity index is 513. The smallest absolute Gasteiger partial charge is 0.109 e. The molecule has 4 nitrogen and oxygen atoms in total. The highest BCUT2D eigenvalue weighted by atomic mass is 32.1. The molecule has 0 radical (unpaired) electrons. The Labute approximate surface area is 131 Å². The monoisotopic (exact) mass is 329 g/mol. The van der Waals surface area contributed by atoms with E-state index < -0.39 is 25.2 Å². The molecule has 2 rings (SSSR count). The van der Waals surface area contributed by atoms with Gasteiger partial charge in [0.25, 0.3) is 0 Å². The maximum absolute atomic E-state index is 10.3. The summed E-state index contributed by atoms with van der Waals surface area (Å²) in [5, 5.41) is 23.5. The Morgan fingerprint density at radius 2 is 2.05 bits per heavy atom. The third-order valence-corrected chi connectivity index (χ3v) is 5.62. The van der Waals surface area contributed by atoms with Gasteiger partial charge in [-0.1, -0.05) is 24.9 Å². The second-order valence-corrected chi connectivity index (χ2v) is 11.2. The molecule has 2 aliphatic heterocycles. The van der Waals surface area contributed by atoms with Gasteiger partial charge in [-0.2, -0.15) is 0 Å². The normalized spacial score (nSPS) is 36.9. The van der Waals surface area contributed by atoms with E-state index in [1.165, 1.54) is 0 Å². The van der Waals surface area contributed by atoms with Gasteiger partial charge >= 0.3 is 0 Å². The maximum atomic E-state index is 10.3.